The van der Waals surface area contributed by atoms with Crippen LogP contribution in [0.2, 0.25) is 0 Å². The van der Waals surface area contributed by atoms with Gasteiger partial charge in [-0.05, 0) is 29.2 Å². The van der Waals surface area contributed by atoms with E-state index in [1.807, 2.05) is 36.4 Å². The third-order valence-electron chi connectivity index (χ3n) is 5.80. The first-order chi connectivity index (χ1) is 16.4. The first kappa shape index (κ1) is 23.0. The van der Waals surface area contributed by atoms with Gasteiger partial charge in [0.25, 0.3) is 0 Å². The molecular formula is C25H26N4O5. The van der Waals surface area contributed by atoms with E-state index >= 15 is 0 Å². The van der Waals surface area contributed by atoms with Crippen LogP contribution in [0.25, 0.3) is 11.1 Å². The third kappa shape index (κ3) is 5.25. The number of amides is 2. The molecule has 34 heavy (non-hydrogen) atoms. The Morgan fingerprint density at radius 2 is 1.71 bits per heavy atom. The lowest BCUT2D eigenvalue weighted by Crippen LogP contribution is -2.50. The van der Waals surface area contributed by atoms with E-state index in [-0.39, 0.29) is 25.4 Å². The van der Waals surface area contributed by atoms with Crippen LogP contribution in [0, 0.1) is 0 Å². The van der Waals surface area contributed by atoms with Crippen LogP contribution in [-0.4, -0.2) is 51.7 Å². The summed E-state index contributed by atoms with van der Waals surface area (Å²) in [4.78, 5) is 43.2. The number of H-pyrrole nitrogens is 1. The maximum atomic E-state index is 12.8. The van der Waals surface area contributed by atoms with E-state index in [1.54, 1.807) is 13.1 Å². The summed E-state index contributed by atoms with van der Waals surface area (Å²) < 4.78 is 5.56. The Hall–Kier alpha value is -4.14. The van der Waals surface area contributed by atoms with Crippen molar-refractivity contribution in [3.8, 4) is 11.1 Å². The number of aromatic amines is 1. The van der Waals surface area contributed by atoms with E-state index in [2.05, 4.69) is 32.7 Å². The fourth-order valence-corrected chi connectivity index (χ4v) is 4.26. The second-order valence-electron chi connectivity index (χ2n) is 8.31. The summed E-state index contributed by atoms with van der Waals surface area (Å²) >= 11 is 0. The Bertz CT molecular complexity index is 1130. The van der Waals surface area contributed by atoms with Crippen molar-refractivity contribution in [3.05, 3.63) is 77.9 Å². The largest absolute Gasteiger partial charge is 0.481 e. The number of aliphatic carboxylic acids is 1. The van der Waals surface area contributed by atoms with Crippen molar-refractivity contribution < 1.29 is 24.2 Å². The number of imidazole rings is 1. The van der Waals surface area contributed by atoms with Gasteiger partial charge in [-0.3, -0.25) is 9.59 Å². The fraction of sp³-hybridized carbons (Fsp3) is 0.280. The van der Waals surface area contributed by atoms with Crippen molar-refractivity contribution in [2.24, 2.45) is 0 Å². The second kappa shape index (κ2) is 10.2. The minimum atomic E-state index is -1.03. The molecule has 4 rings (SSSR count). The van der Waals surface area contributed by atoms with Gasteiger partial charge in [-0.1, -0.05) is 48.5 Å². The van der Waals surface area contributed by atoms with Gasteiger partial charge < -0.3 is 25.5 Å². The molecular weight excluding hydrogens is 436 g/mol. The van der Waals surface area contributed by atoms with Crippen LogP contribution in [0.15, 0.2) is 61.1 Å². The van der Waals surface area contributed by atoms with Gasteiger partial charge in [0.2, 0.25) is 5.91 Å². The summed E-state index contributed by atoms with van der Waals surface area (Å²) in [7, 11) is 0. The van der Waals surface area contributed by atoms with E-state index in [0.717, 1.165) is 22.3 Å². The normalized spacial score (nSPS) is 13.9. The number of alkyl carbamates (subject to hydrolysis) is 1. The molecule has 0 radical (unpaired) electrons. The lowest BCUT2D eigenvalue weighted by Gasteiger charge is -2.21. The summed E-state index contributed by atoms with van der Waals surface area (Å²) in [6.45, 7) is 1.71. The number of aromatic nitrogens is 2. The molecule has 0 spiro atoms. The number of nitrogens with one attached hydrogen (secondary N) is 3. The molecule has 2 atom stereocenters. The lowest BCUT2D eigenvalue weighted by molar-refractivity contribution is -0.137. The molecule has 176 valence electrons. The predicted molar refractivity (Wildman–Crippen MR) is 124 cm³/mol. The molecule has 1 heterocycles. The average molecular weight is 463 g/mol. The van der Waals surface area contributed by atoms with Gasteiger partial charge in [-0.25, -0.2) is 9.78 Å². The minimum Gasteiger partial charge on any atom is -0.481 e. The number of fused-ring (bicyclic) bond motifs is 3. The first-order valence-corrected chi connectivity index (χ1v) is 11.0. The van der Waals surface area contributed by atoms with E-state index in [4.69, 9.17) is 9.84 Å². The number of carbonyl (C=O) groups excluding carboxylic acids is 2. The SMILES string of the molecule is C[C@@H](CC(=O)O)NC(=O)[C@H](Cc1cnc[nH]1)NC(=O)OCC1c2ccccc2-c2ccccc21. The lowest BCUT2D eigenvalue weighted by atomic mass is 9.98. The van der Waals surface area contributed by atoms with Crippen molar-refractivity contribution in [2.75, 3.05) is 6.61 Å². The number of hydrogen-bond acceptors (Lipinski definition) is 5. The maximum absolute atomic E-state index is 12.8. The highest BCUT2D eigenvalue weighted by Crippen LogP contribution is 2.44. The van der Waals surface area contributed by atoms with Crippen LogP contribution in [0.1, 0.15) is 36.1 Å². The molecule has 2 aromatic carbocycles. The fourth-order valence-electron chi connectivity index (χ4n) is 4.26. The van der Waals surface area contributed by atoms with Crippen molar-refractivity contribution in [1.29, 1.82) is 0 Å². The molecule has 2 amide bonds. The van der Waals surface area contributed by atoms with Crippen LogP contribution in [0.5, 0.6) is 0 Å². The van der Waals surface area contributed by atoms with Crippen LogP contribution in [0.4, 0.5) is 4.79 Å². The van der Waals surface area contributed by atoms with Gasteiger partial charge in [-0.15, -0.1) is 0 Å². The number of carbonyl (C=O) groups is 3. The Morgan fingerprint density at radius 1 is 1.06 bits per heavy atom. The molecule has 4 N–H and O–H groups in total. The van der Waals surface area contributed by atoms with Gasteiger partial charge in [0.05, 0.1) is 12.7 Å². The second-order valence-corrected chi connectivity index (χ2v) is 8.31. The Labute approximate surface area is 196 Å². The molecule has 0 fully saturated rings. The topological polar surface area (TPSA) is 133 Å². The molecule has 9 heteroatoms. The molecule has 0 saturated carbocycles. The highest BCUT2D eigenvalue weighted by atomic mass is 16.5. The summed E-state index contributed by atoms with van der Waals surface area (Å²) in [5.41, 5.74) is 5.06. The average Bonchev–Trinajstić information content (AvgIpc) is 3.42. The minimum absolute atomic E-state index is 0.103. The van der Waals surface area contributed by atoms with Crippen molar-refractivity contribution in [2.45, 2.75) is 37.8 Å². The molecule has 9 nitrogen and oxygen atoms in total. The Kier molecular flexibility index (Phi) is 6.91. The molecule has 0 saturated heterocycles. The monoisotopic (exact) mass is 462 g/mol. The number of hydrogen-bond donors (Lipinski definition) is 4. The smallest absolute Gasteiger partial charge is 0.407 e. The zero-order chi connectivity index (χ0) is 24.1. The van der Waals surface area contributed by atoms with E-state index in [1.165, 1.54) is 6.33 Å². The number of carboxylic acids is 1. The van der Waals surface area contributed by atoms with E-state index in [9.17, 15) is 14.4 Å². The van der Waals surface area contributed by atoms with Crippen LogP contribution < -0.4 is 10.6 Å². The zero-order valence-corrected chi connectivity index (χ0v) is 18.7. The standard InChI is InChI=1S/C25H26N4O5/c1-15(10-23(30)31)28-24(32)22(11-16-12-26-14-27-16)29-25(33)34-13-21-19-8-4-2-6-17(19)18-7-3-5-9-20(18)21/h2-9,12,14-15,21-22H,10-11,13H2,1H3,(H,26,27)(H,28,32)(H,29,33)(H,30,31)/t15-,22-/m0/s1. The first-order valence-electron chi connectivity index (χ1n) is 11.0. The molecule has 0 unspecified atom stereocenters. The summed E-state index contributed by atoms with van der Waals surface area (Å²) in [5.74, 6) is -1.63. The van der Waals surface area contributed by atoms with Gasteiger partial charge >= 0.3 is 12.1 Å². The van der Waals surface area contributed by atoms with Gasteiger partial charge in [-0.2, -0.15) is 0 Å². The van der Waals surface area contributed by atoms with Crippen LogP contribution >= 0.6 is 0 Å². The highest BCUT2D eigenvalue weighted by molar-refractivity contribution is 5.86. The van der Waals surface area contributed by atoms with E-state index < -0.39 is 30.1 Å². The Morgan fingerprint density at radius 3 is 2.29 bits per heavy atom. The molecule has 1 aliphatic rings. The van der Waals surface area contributed by atoms with Gasteiger partial charge in [0.1, 0.15) is 12.6 Å². The van der Waals surface area contributed by atoms with Crippen LogP contribution in [-0.2, 0) is 20.7 Å². The molecule has 0 aliphatic heterocycles. The van der Waals surface area contributed by atoms with Crippen molar-refractivity contribution in [3.63, 3.8) is 0 Å². The number of rotatable bonds is 9. The third-order valence-corrected chi connectivity index (χ3v) is 5.80. The molecule has 1 aromatic heterocycles. The number of benzene rings is 2. The highest BCUT2D eigenvalue weighted by Gasteiger charge is 2.30. The maximum Gasteiger partial charge on any atom is 0.407 e. The number of nitrogens with zero attached hydrogens (tertiary/aromatic N) is 1. The number of ether oxygens (including phenoxy) is 1. The summed E-state index contributed by atoms with van der Waals surface area (Å²) in [6.07, 6.45) is 2.22. The number of carboxylic acid groups (broad SMARTS) is 1. The van der Waals surface area contributed by atoms with E-state index in [0.29, 0.717) is 5.69 Å². The molecule has 0 bridgehead atoms. The van der Waals surface area contributed by atoms with Crippen LogP contribution in [0.3, 0.4) is 0 Å². The molecule has 3 aromatic rings. The Balaban J connectivity index is 1.43. The predicted octanol–water partition coefficient (Wildman–Crippen LogP) is 2.84. The van der Waals surface area contributed by atoms with Crippen molar-refractivity contribution >= 4 is 18.0 Å². The molecule has 1 aliphatic carbocycles. The summed E-state index contributed by atoms with van der Waals surface area (Å²) in [5, 5.41) is 14.2. The van der Waals surface area contributed by atoms with Gasteiger partial charge in [0, 0.05) is 30.3 Å². The quantitative estimate of drug-likeness (QED) is 0.386. The summed E-state index contributed by atoms with van der Waals surface area (Å²) in [6, 6.07) is 14.5. The zero-order valence-electron chi connectivity index (χ0n) is 18.7. The van der Waals surface area contributed by atoms with Gasteiger partial charge in [0.15, 0.2) is 0 Å². The van der Waals surface area contributed by atoms with Crippen molar-refractivity contribution in [1.82, 2.24) is 20.6 Å².